The Labute approximate surface area is 113 Å². The molecule has 1 aromatic carbocycles. The number of amides is 1. The minimum absolute atomic E-state index is 0.0369. The van der Waals surface area contributed by atoms with Gasteiger partial charge in [0.15, 0.2) is 0 Å². The van der Waals surface area contributed by atoms with Gasteiger partial charge in [-0.1, -0.05) is 6.92 Å². The number of likely N-dealkylation sites (tertiary alicyclic amines) is 1. The van der Waals surface area contributed by atoms with Crippen molar-refractivity contribution in [2.75, 3.05) is 13.1 Å². The first-order valence-corrected chi connectivity index (χ1v) is 6.81. The van der Waals surface area contributed by atoms with E-state index >= 15 is 0 Å². The van der Waals surface area contributed by atoms with E-state index < -0.39 is 0 Å². The van der Waals surface area contributed by atoms with Gasteiger partial charge in [-0.15, -0.1) is 0 Å². The smallest absolute Gasteiger partial charge is 0.254 e. The van der Waals surface area contributed by atoms with Crippen molar-refractivity contribution in [3.05, 3.63) is 35.1 Å². The van der Waals surface area contributed by atoms with Crippen LogP contribution < -0.4 is 5.73 Å². The molecule has 1 heterocycles. The Hall–Kier alpha value is -1.42. The molecule has 19 heavy (non-hydrogen) atoms. The third-order valence-electron chi connectivity index (χ3n) is 4.02. The number of carbonyl (C=O) groups is 1. The van der Waals surface area contributed by atoms with Gasteiger partial charge in [-0.05, 0) is 49.4 Å². The lowest BCUT2D eigenvalue weighted by Crippen LogP contribution is -2.51. The van der Waals surface area contributed by atoms with E-state index in [1.165, 1.54) is 6.07 Å². The second-order valence-corrected chi connectivity index (χ2v) is 5.39. The Morgan fingerprint density at radius 1 is 1.53 bits per heavy atom. The van der Waals surface area contributed by atoms with Gasteiger partial charge in [0.2, 0.25) is 0 Å². The van der Waals surface area contributed by atoms with Crippen LogP contribution in [0.15, 0.2) is 18.2 Å². The molecule has 0 aromatic heterocycles. The number of hydrogen-bond donors (Lipinski definition) is 1. The summed E-state index contributed by atoms with van der Waals surface area (Å²) in [6.45, 7) is 5.02. The quantitative estimate of drug-likeness (QED) is 0.891. The predicted octanol–water partition coefficient (Wildman–Crippen LogP) is 2.33. The second-order valence-electron chi connectivity index (χ2n) is 5.39. The first-order valence-electron chi connectivity index (χ1n) is 6.81. The Balaban J connectivity index is 2.24. The van der Waals surface area contributed by atoms with Crippen LogP contribution in [0.5, 0.6) is 0 Å². The topological polar surface area (TPSA) is 46.3 Å². The van der Waals surface area contributed by atoms with Crippen LogP contribution in [0.3, 0.4) is 0 Å². The Bertz CT molecular complexity index is 475. The SMILES string of the molecule is Cc1cc(C(=O)N2CCC[C@H](C)[C@@H]2CN)ccc1F. The normalized spacial score (nSPS) is 23.5. The van der Waals surface area contributed by atoms with Crippen LogP contribution in [0.25, 0.3) is 0 Å². The molecule has 0 bridgehead atoms. The maximum Gasteiger partial charge on any atom is 0.254 e. The first-order chi connectivity index (χ1) is 9.04. The molecule has 2 atom stereocenters. The molecule has 0 spiro atoms. The lowest BCUT2D eigenvalue weighted by molar-refractivity contribution is 0.0532. The van der Waals surface area contributed by atoms with E-state index in [9.17, 15) is 9.18 Å². The lowest BCUT2D eigenvalue weighted by Gasteiger charge is -2.39. The summed E-state index contributed by atoms with van der Waals surface area (Å²) in [7, 11) is 0. The molecule has 1 aliphatic rings. The molecule has 0 unspecified atom stereocenters. The highest BCUT2D eigenvalue weighted by Crippen LogP contribution is 2.24. The molecule has 2 rings (SSSR count). The van der Waals surface area contributed by atoms with Crippen molar-refractivity contribution in [2.45, 2.75) is 32.7 Å². The highest BCUT2D eigenvalue weighted by atomic mass is 19.1. The fraction of sp³-hybridized carbons (Fsp3) is 0.533. The average Bonchev–Trinajstić information content (AvgIpc) is 2.40. The molecule has 1 saturated heterocycles. The van der Waals surface area contributed by atoms with Crippen molar-refractivity contribution >= 4 is 5.91 Å². The molecule has 1 fully saturated rings. The molecule has 0 saturated carbocycles. The van der Waals surface area contributed by atoms with Crippen molar-refractivity contribution in [1.29, 1.82) is 0 Å². The number of rotatable bonds is 2. The Morgan fingerprint density at radius 3 is 2.89 bits per heavy atom. The molecule has 1 amide bonds. The molecule has 1 aliphatic heterocycles. The fourth-order valence-corrected chi connectivity index (χ4v) is 2.80. The van der Waals surface area contributed by atoms with E-state index in [2.05, 4.69) is 6.92 Å². The van der Waals surface area contributed by atoms with Crippen molar-refractivity contribution in [1.82, 2.24) is 4.90 Å². The number of aryl methyl sites for hydroxylation is 1. The zero-order valence-corrected chi connectivity index (χ0v) is 11.5. The van der Waals surface area contributed by atoms with Crippen molar-refractivity contribution < 1.29 is 9.18 Å². The number of halogens is 1. The van der Waals surface area contributed by atoms with Crippen molar-refractivity contribution in [3.63, 3.8) is 0 Å². The molecular formula is C15H21FN2O. The van der Waals surface area contributed by atoms with Crippen LogP contribution in [0.2, 0.25) is 0 Å². The third kappa shape index (κ3) is 2.78. The number of nitrogens with zero attached hydrogens (tertiary/aromatic N) is 1. The number of carbonyl (C=O) groups excluding carboxylic acids is 1. The number of piperidine rings is 1. The van der Waals surface area contributed by atoms with Crippen LogP contribution in [0, 0.1) is 18.7 Å². The Kier molecular flexibility index (Phi) is 4.20. The van der Waals surface area contributed by atoms with Crippen molar-refractivity contribution in [2.24, 2.45) is 11.7 Å². The molecule has 0 aliphatic carbocycles. The van der Waals surface area contributed by atoms with E-state index in [0.29, 0.717) is 23.6 Å². The maximum absolute atomic E-state index is 13.3. The Morgan fingerprint density at radius 2 is 2.26 bits per heavy atom. The second kappa shape index (κ2) is 5.70. The van der Waals surface area contributed by atoms with Gasteiger partial charge in [-0.3, -0.25) is 4.79 Å². The van der Waals surface area contributed by atoms with Gasteiger partial charge in [-0.2, -0.15) is 0 Å². The van der Waals surface area contributed by atoms with E-state index in [4.69, 9.17) is 5.73 Å². The highest BCUT2D eigenvalue weighted by Gasteiger charge is 2.31. The molecule has 3 nitrogen and oxygen atoms in total. The lowest BCUT2D eigenvalue weighted by atomic mass is 9.90. The standard InChI is InChI=1S/C15H21FN2O/c1-10-4-3-7-18(14(10)9-17)15(19)12-5-6-13(16)11(2)8-12/h5-6,8,10,14H,3-4,7,9,17H2,1-2H3/t10-,14-/m0/s1. The van der Waals surface area contributed by atoms with Gasteiger partial charge < -0.3 is 10.6 Å². The maximum atomic E-state index is 13.3. The van der Waals surface area contributed by atoms with E-state index in [-0.39, 0.29) is 17.8 Å². The van der Waals surface area contributed by atoms with Gasteiger partial charge in [0.1, 0.15) is 5.82 Å². The number of benzene rings is 1. The third-order valence-corrected chi connectivity index (χ3v) is 4.02. The molecular weight excluding hydrogens is 243 g/mol. The van der Waals surface area contributed by atoms with Crippen LogP contribution in [-0.2, 0) is 0 Å². The number of nitrogens with two attached hydrogens (primary N) is 1. The predicted molar refractivity (Wildman–Crippen MR) is 73.4 cm³/mol. The highest BCUT2D eigenvalue weighted by molar-refractivity contribution is 5.94. The minimum atomic E-state index is -0.279. The van der Waals surface area contributed by atoms with E-state index in [1.807, 2.05) is 4.90 Å². The summed E-state index contributed by atoms with van der Waals surface area (Å²) >= 11 is 0. The van der Waals surface area contributed by atoms with Gasteiger partial charge in [0.05, 0.1) is 0 Å². The van der Waals surface area contributed by atoms with Gasteiger partial charge in [0.25, 0.3) is 5.91 Å². The summed E-state index contributed by atoms with van der Waals surface area (Å²) in [5.74, 6) is 0.105. The van der Waals surface area contributed by atoms with Gasteiger partial charge in [-0.25, -0.2) is 4.39 Å². The van der Waals surface area contributed by atoms with Crippen LogP contribution in [0.4, 0.5) is 4.39 Å². The summed E-state index contributed by atoms with van der Waals surface area (Å²) in [5.41, 5.74) is 6.85. The summed E-state index contributed by atoms with van der Waals surface area (Å²) in [5, 5.41) is 0. The molecule has 0 radical (unpaired) electrons. The minimum Gasteiger partial charge on any atom is -0.334 e. The van der Waals surface area contributed by atoms with Crippen molar-refractivity contribution in [3.8, 4) is 0 Å². The monoisotopic (exact) mass is 264 g/mol. The van der Waals surface area contributed by atoms with Crippen LogP contribution >= 0.6 is 0 Å². The molecule has 1 aromatic rings. The van der Waals surface area contributed by atoms with E-state index in [1.54, 1.807) is 19.1 Å². The molecule has 104 valence electrons. The van der Waals surface area contributed by atoms with E-state index in [0.717, 1.165) is 19.4 Å². The molecule has 4 heteroatoms. The van der Waals surface area contributed by atoms with Gasteiger partial charge in [0, 0.05) is 24.7 Å². The first kappa shape index (κ1) is 14.0. The van der Waals surface area contributed by atoms with Gasteiger partial charge >= 0.3 is 0 Å². The average molecular weight is 264 g/mol. The van der Waals surface area contributed by atoms with Crippen LogP contribution in [0.1, 0.15) is 35.7 Å². The van der Waals surface area contributed by atoms with Crippen LogP contribution in [-0.4, -0.2) is 29.9 Å². The summed E-state index contributed by atoms with van der Waals surface area (Å²) in [6, 6.07) is 4.61. The summed E-state index contributed by atoms with van der Waals surface area (Å²) in [4.78, 5) is 14.4. The summed E-state index contributed by atoms with van der Waals surface area (Å²) < 4.78 is 13.3. The molecule has 2 N–H and O–H groups in total. The fourth-order valence-electron chi connectivity index (χ4n) is 2.80. The number of hydrogen-bond acceptors (Lipinski definition) is 2. The largest absolute Gasteiger partial charge is 0.334 e. The zero-order chi connectivity index (χ0) is 14.0. The summed E-state index contributed by atoms with van der Waals surface area (Å²) in [6.07, 6.45) is 2.11. The zero-order valence-electron chi connectivity index (χ0n) is 11.5.